The lowest BCUT2D eigenvalue weighted by Crippen LogP contribution is -2.60. The molecule has 0 saturated heterocycles. The Morgan fingerprint density at radius 3 is 2.68 bits per heavy atom. The standard InChI is InChI=1S/C21H27BN4O2/c1-11(2)26-22(28)16-10-24-20-15(3-4-23-20)18(16)19(25-26)17-13-5-12-6-14(17)9-21(27,7-12)8-13/h3-4,10-14,17,27-28H,5-9H2,1-2H3,(H,23,24)/t12?,13-,14?,17?,21?/m1/s1. The highest BCUT2D eigenvalue weighted by Gasteiger charge is 2.57. The molecule has 3 N–H and O–H groups in total. The number of H-pyrrole nitrogens is 1. The van der Waals surface area contributed by atoms with Gasteiger partial charge in [-0.15, -0.1) is 0 Å². The highest BCUT2D eigenvalue weighted by Crippen LogP contribution is 2.59. The zero-order valence-corrected chi connectivity index (χ0v) is 16.5. The van der Waals surface area contributed by atoms with Gasteiger partial charge in [-0.2, -0.15) is 5.10 Å². The second-order valence-corrected chi connectivity index (χ2v) is 9.88. The maximum Gasteiger partial charge on any atom is 0.468 e. The predicted octanol–water partition coefficient (Wildman–Crippen LogP) is 1.87. The second kappa shape index (κ2) is 5.60. The number of aliphatic hydroxyl groups is 1. The molecule has 5 atom stereocenters. The van der Waals surface area contributed by atoms with Gasteiger partial charge in [-0.3, -0.25) is 0 Å². The number of hydrogen-bond donors (Lipinski definition) is 3. The van der Waals surface area contributed by atoms with Crippen molar-refractivity contribution < 1.29 is 10.1 Å². The summed E-state index contributed by atoms with van der Waals surface area (Å²) in [5, 5.41) is 28.2. The summed E-state index contributed by atoms with van der Waals surface area (Å²) in [6.45, 7) is 4.13. The number of nitrogens with zero attached hydrogens (tertiary/aromatic N) is 3. The topological polar surface area (TPSA) is 84.7 Å². The minimum Gasteiger partial charge on any atom is -0.428 e. The van der Waals surface area contributed by atoms with E-state index in [1.54, 1.807) is 0 Å². The fourth-order valence-electron chi connectivity index (χ4n) is 6.94. The zero-order valence-electron chi connectivity index (χ0n) is 16.5. The van der Waals surface area contributed by atoms with Gasteiger partial charge in [0, 0.05) is 40.8 Å². The van der Waals surface area contributed by atoms with E-state index in [2.05, 4.69) is 29.9 Å². The SMILES string of the molecule is CC(C)N1N=C(C2C3CC4C[C@@H]2CC(O)(C4)C3)c2c(cnc3[nH]ccc23)B1O. The first kappa shape index (κ1) is 17.0. The molecule has 4 fully saturated rings. The van der Waals surface area contributed by atoms with Crippen LogP contribution < -0.4 is 5.46 Å². The van der Waals surface area contributed by atoms with Crippen LogP contribution in [-0.2, 0) is 0 Å². The first-order valence-corrected chi connectivity index (χ1v) is 10.7. The molecule has 28 heavy (non-hydrogen) atoms. The Balaban J connectivity index is 1.54. The van der Waals surface area contributed by atoms with E-state index >= 15 is 0 Å². The number of nitrogens with one attached hydrogen (secondary N) is 1. The van der Waals surface area contributed by atoms with Crippen molar-refractivity contribution >= 4 is 29.3 Å². The first-order valence-electron chi connectivity index (χ1n) is 10.7. The Hall–Kier alpha value is -1.86. The van der Waals surface area contributed by atoms with Crippen LogP contribution >= 0.6 is 0 Å². The van der Waals surface area contributed by atoms with Crippen molar-refractivity contribution in [2.24, 2.45) is 28.8 Å². The Bertz CT molecular complexity index is 970. The molecule has 4 unspecified atom stereocenters. The van der Waals surface area contributed by atoms with Gasteiger partial charge in [0.25, 0.3) is 0 Å². The van der Waals surface area contributed by atoms with Gasteiger partial charge >= 0.3 is 7.05 Å². The van der Waals surface area contributed by atoms with Crippen LogP contribution in [0.3, 0.4) is 0 Å². The molecule has 2 aromatic rings. The Morgan fingerprint density at radius 2 is 2.00 bits per heavy atom. The highest BCUT2D eigenvalue weighted by molar-refractivity contribution is 6.66. The maximum absolute atomic E-state index is 11.0. The highest BCUT2D eigenvalue weighted by atomic mass is 16.3. The number of pyridine rings is 1. The lowest BCUT2D eigenvalue weighted by atomic mass is 9.48. The molecule has 0 radical (unpaired) electrons. The molecule has 7 rings (SSSR count). The Labute approximate surface area is 165 Å². The largest absolute Gasteiger partial charge is 0.468 e. The molecule has 2 aromatic heterocycles. The predicted molar refractivity (Wildman–Crippen MR) is 109 cm³/mol. The van der Waals surface area contributed by atoms with Crippen molar-refractivity contribution in [1.29, 1.82) is 0 Å². The summed E-state index contributed by atoms with van der Waals surface area (Å²) in [6, 6.07) is 2.15. The van der Waals surface area contributed by atoms with Crippen LogP contribution in [-0.4, -0.2) is 49.4 Å². The monoisotopic (exact) mass is 378 g/mol. The average molecular weight is 378 g/mol. The number of fused-ring (bicyclic) bond motifs is 3. The van der Waals surface area contributed by atoms with Crippen LogP contribution in [0.4, 0.5) is 0 Å². The van der Waals surface area contributed by atoms with E-state index in [1.165, 1.54) is 12.8 Å². The third-order valence-electron chi connectivity index (χ3n) is 7.71. The lowest BCUT2D eigenvalue weighted by molar-refractivity contribution is -0.138. The molecule has 0 spiro atoms. The van der Waals surface area contributed by atoms with Crippen molar-refractivity contribution in [1.82, 2.24) is 14.9 Å². The molecule has 7 heteroatoms. The quantitative estimate of drug-likeness (QED) is 0.697. The second-order valence-electron chi connectivity index (χ2n) is 9.88. The Kier molecular flexibility index (Phi) is 3.41. The van der Waals surface area contributed by atoms with Crippen LogP contribution in [0.25, 0.3) is 11.0 Å². The molecule has 146 valence electrons. The van der Waals surface area contributed by atoms with Crippen LogP contribution in [0.2, 0.25) is 0 Å². The number of aromatic amines is 1. The van der Waals surface area contributed by atoms with Crippen molar-refractivity contribution in [2.75, 3.05) is 0 Å². The van der Waals surface area contributed by atoms with Crippen molar-refractivity contribution in [2.45, 2.75) is 57.6 Å². The molecule has 6 nitrogen and oxygen atoms in total. The van der Waals surface area contributed by atoms with E-state index in [1.807, 2.05) is 17.3 Å². The van der Waals surface area contributed by atoms with E-state index in [9.17, 15) is 10.1 Å². The molecule has 0 amide bonds. The van der Waals surface area contributed by atoms with E-state index in [0.29, 0.717) is 23.7 Å². The zero-order chi connectivity index (χ0) is 19.2. The van der Waals surface area contributed by atoms with Gasteiger partial charge in [-0.05, 0) is 69.8 Å². The van der Waals surface area contributed by atoms with Gasteiger partial charge in [0.1, 0.15) is 5.65 Å². The first-order chi connectivity index (χ1) is 13.4. The van der Waals surface area contributed by atoms with Gasteiger partial charge in [-0.25, -0.2) is 4.98 Å². The number of hydrogen-bond acceptors (Lipinski definition) is 5. The molecule has 3 heterocycles. The summed E-state index contributed by atoms with van der Waals surface area (Å²) < 4.78 is 0. The summed E-state index contributed by atoms with van der Waals surface area (Å²) in [4.78, 5) is 9.59. The van der Waals surface area contributed by atoms with E-state index in [0.717, 1.165) is 47.0 Å². The van der Waals surface area contributed by atoms with Crippen molar-refractivity contribution in [3.8, 4) is 0 Å². The summed E-state index contributed by atoms with van der Waals surface area (Å²) in [7, 11) is -0.772. The third-order valence-corrected chi connectivity index (χ3v) is 7.71. The maximum atomic E-state index is 11.0. The molecular formula is C21H27BN4O2. The third kappa shape index (κ3) is 2.23. The normalized spacial score (nSPS) is 36.4. The van der Waals surface area contributed by atoms with Crippen LogP contribution in [0.1, 0.15) is 51.5 Å². The van der Waals surface area contributed by atoms with Crippen LogP contribution in [0, 0.1) is 23.7 Å². The number of aromatic nitrogens is 2. The van der Waals surface area contributed by atoms with Crippen molar-refractivity contribution in [3.63, 3.8) is 0 Å². The van der Waals surface area contributed by atoms with Gasteiger partial charge in [-0.1, -0.05) is 0 Å². The van der Waals surface area contributed by atoms with Crippen LogP contribution in [0.15, 0.2) is 23.6 Å². The van der Waals surface area contributed by atoms with Gasteiger partial charge in [0.15, 0.2) is 0 Å². The van der Waals surface area contributed by atoms with E-state index in [4.69, 9.17) is 5.10 Å². The molecule has 1 aliphatic heterocycles. The van der Waals surface area contributed by atoms with Crippen LogP contribution in [0.5, 0.6) is 0 Å². The number of hydrazone groups is 1. The minimum absolute atomic E-state index is 0.0982. The Morgan fingerprint density at radius 1 is 1.25 bits per heavy atom. The minimum atomic E-state index is -0.772. The molecule has 4 bridgehead atoms. The fraction of sp³-hybridized carbons (Fsp3) is 0.619. The van der Waals surface area contributed by atoms with E-state index in [-0.39, 0.29) is 6.04 Å². The molecule has 0 aromatic carbocycles. The van der Waals surface area contributed by atoms with Gasteiger partial charge < -0.3 is 20.0 Å². The molecular weight excluding hydrogens is 351 g/mol. The van der Waals surface area contributed by atoms with Gasteiger partial charge in [0.05, 0.1) is 11.3 Å². The van der Waals surface area contributed by atoms with Crippen molar-refractivity contribution in [3.05, 3.63) is 24.0 Å². The summed E-state index contributed by atoms with van der Waals surface area (Å²) in [5.74, 6) is 1.98. The van der Waals surface area contributed by atoms with Gasteiger partial charge in [0.2, 0.25) is 0 Å². The molecule has 4 aliphatic carbocycles. The average Bonchev–Trinajstić information content (AvgIpc) is 3.10. The smallest absolute Gasteiger partial charge is 0.428 e. The summed E-state index contributed by atoms with van der Waals surface area (Å²) >= 11 is 0. The lowest BCUT2D eigenvalue weighted by Gasteiger charge is -2.58. The number of rotatable bonds is 2. The fourth-order valence-corrected chi connectivity index (χ4v) is 6.94. The molecule has 5 aliphatic rings. The molecule has 4 saturated carbocycles. The summed E-state index contributed by atoms with van der Waals surface area (Å²) in [6.07, 6.45) is 8.89. The summed E-state index contributed by atoms with van der Waals surface area (Å²) in [5.41, 5.74) is 3.43. The van der Waals surface area contributed by atoms with E-state index < -0.39 is 12.7 Å².